The van der Waals surface area contributed by atoms with Gasteiger partial charge in [0.05, 0.1) is 19.4 Å². The molecule has 0 aliphatic carbocycles. The summed E-state index contributed by atoms with van der Waals surface area (Å²) in [7, 11) is 1.69. The fraction of sp³-hybridized carbons (Fsp3) is 0.381. The molecule has 6 nitrogen and oxygen atoms in total. The minimum absolute atomic E-state index is 0. The number of fused-ring (bicyclic) bond motifs is 1. The van der Waals surface area contributed by atoms with Crippen molar-refractivity contribution in [2.75, 3.05) is 33.4 Å². The van der Waals surface area contributed by atoms with Gasteiger partial charge in [-0.05, 0) is 37.1 Å². The molecule has 0 fully saturated rings. The van der Waals surface area contributed by atoms with E-state index in [-0.39, 0.29) is 24.0 Å². The molecule has 0 unspecified atom stereocenters. The second kappa shape index (κ2) is 11.8. The number of aromatic nitrogens is 1. The van der Waals surface area contributed by atoms with Crippen LogP contribution in [0.5, 0.6) is 0 Å². The van der Waals surface area contributed by atoms with Crippen LogP contribution in [-0.2, 0) is 17.6 Å². The van der Waals surface area contributed by atoms with Crippen molar-refractivity contribution in [3.8, 4) is 0 Å². The maximum Gasteiger partial charge on any atom is 0.191 e. The number of H-pyrrole nitrogens is 1. The van der Waals surface area contributed by atoms with Crippen LogP contribution in [0.4, 0.5) is 0 Å². The molecular weight excluding hydrogens is 467 g/mol. The Bertz CT molecular complexity index is 859. The summed E-state index contributed by atoms with van der Waals surface area (Å²) in [6, 6.07) is 12.3. The van der Waals surface area contributed by atoms with E-state index < -0.39 is 0 Å². The molecule has 0 spiro atoms. The first-order chi connectivity index (χ1) is 13.3. The highest BCUT2D eigenvalue weighted by molar-refractivity contribution is 14.0. The first-order valence-electron chi connectivity index (χ1n) is 9.37. The average molecular weight is 496 g/mol. The minimum Gasteiger partial charge on any atom is -0.469 e. The summed E-state index contributed by atoms with van der Waals surface area (Å²) >= 11 is 0. The van der Waals surface area contributed by atoms with Crippen molar-refractivity contribution in [3.05, 3.63) is 59.7 Å². The molecule has 152 valence electrons. The molecule has 0 saturated carbocycles. The Morgan fingerprint density at radius 1 is 1.11 bits per heavy atom. The summed E-state index contributed by atoms with van der Waals surface area (Å²) in [5.41, 5.74) is 3.77. The average Bonchev–Trinajstić information content (AvgIpc) is 3.29. The summed E-state index contributed by atoms with van der Waals surface area (Å²) < 4.78 is 10.5. The number of benzene rings is 1. The number of ether oxygens (including phenoxy) is 1. The van der Waals surface area contributed by atoms with Gasteiger partial charge >= 0.3 is 0 Å². The Morgan fingerprint density at radius 3 is 2.64 bits per heavy atom. The van der Waals surface area contributed by atoms with Crippen molar-refractivity contribution in [1.82, 2.24) is 15.6 Å². The molecule has 3 rings (SSSR count). The van der Waals surface area contributed by atoms with Crippen molar-refractivity contribution < 1.29 is 9.15 Å². The molecule has 2 heterocycles. The summed E-state index contributed by atoms with van der Waals surface area (Å²) in [6.45, 7) is 4.93. The lowest BCUT2D eigenvalue weighted by Crippen LogP contribution is -2.39. The van der Waals surface area contributed by atoms with E-state index in [1.165, 1.54) is 22.2 Å². The van der Waals surface area contributed by atoms with Gasteiger partial charge in [0.1, 0.15) is 5.76 Å². The Hall–Kier alpha value is -2.00. The highest BCUT2D eigenvalue weighted by Crippen LogP contribution is 2.21. The first-order valence-corrected chi connectivity index (χ1v) is 9.37. The number of nitrogens with one attached hydrogen (secondary N) is 3. The molecule has 0 atom stereocenters. The highest BCUT2D eigenvalue weighted by Gasteiger charge is 2.08. The molecule has 0 amide bonds. The van der Waals surface area contributed by atoms with Gasteiger partial charge in [0.25, 0.3) is 0 Å². The van der Waals surface area contributed by atoms with Gasteiger partial charge in [0.2, 0.25) is 0 Å². The molecule has 0 radical (unpaired) electrons. The lowest BCUT2D eigenvalue weighted by Gasteiger charge is -2.12. The quantitative estimate of drug-likeness (QED) is 0.183. The molecule has 0 saturated heterocycles. The summed E-state index contributed by atoms with van der Waals surface area (Å²) in [5, 5.41) is 8.08. The summed E-state index contributed by atoms with van der Waals surface area (Å²) in [6.07, 6.45) is 3.45. The number of aromatic amines is 1. The zero-order chi connectivity index (χ0) is 18.9. The predicted octanol–water partition coefficient (Wildman–Crippen LogP) is 3.65. The topological polar surface area (TPSA) is 74.6 Å². The number of hydrogen-bond donors (Lipinski definition) is 3. The SMILES string of the molecule is COCCN=C(NCCc1ccco1)NCCc1c(C)[nH]c2ccccc12.I. The van der Waals surface area contributed by atoms with Gasteiger partial charge in [-0.25, -0.2) is 0 Å². The summed E-state index contributed by atoms with van der Waals surface area (Å²) in [4.78, 5) is 8.02. The van der Waals surface area contributed by atoms with Crippen LogP contribution in [0.15, 0.2) is 52.1 Å². The Balaban J connectivity index is 0.00000280. The molecule has 1 aromatic carbocycles. The molecule has 3 aromatic rings. The normalized spacial score (nSPS) is 11.4. The third-order valence-electron chi connectivity index (χ3n) is 4.50. The van der Waals surface area contributed by atoms with Crippen LogP contribution >= 0.6 is 24.0 Å². The maximum absolute atomic E-state index is 5.37. The number of halogens is 1. The van der Waals surface area contributed by atoms with Crippen molar-refractivity contribution in [1.29, 1.82) is 0 Å². The molecule has 3 N–H and O–H groups in total. The number of nitrogens with zero attached hydrogens (tertiary/aromatic N) is 1. The van der Waals surface area contributed by atoms with E-state index >= 15 is 0 Å². The van der Waals surface area contributed by atoms with E-state index in [4.69, 9.17) is 9.15 Å². The molecular formula is C21H29IN4O2. The van der Waals surface area contributed by atoms with Crippen LogP contribution in [0.3, 0.4) is 0 Å². The number of methoxy groups -OCH3 is 1. The number of aliphatic imine (C=N–C) groups is 1. The predicted molar refractivity (Wildman–Crippen MR) is 125 cm³/mol. The van der Waals surface area contributed by atoms with Crippen molar-refractivity contribution in [2.45, 2.75) is 19.8 Å². The zero-order valence-corrected chi connectivity index (χ0v) is 18.8. The van der Waals surface area contributed by atoms with Crippen LogP contribution in [-0.4, -0.2) is 44.3 Å². The third-order valence-corrected chi connectivity index (χ3v) is 4.50. The fourth-order valence-electron chi connectivity index (χ4n) is 3.14. The largest absolute Gasteiger partial charge is 0.469 e. The molecule has 0 aliphatic rings. The van der Waals surface area contributed by atoms with E-state index in [0.717, 1.165) is 37.7 Å². The summed E-state index contributed by atoms with van der Waals surface area (Å²) in [5.74, 6) is 1.77. The number of para-hydroxylation sites is 1. The van der Waals surface area contributed by atoms with Crippen LogP contribution in [0.25, 0.3) is 10.9 Å². The van der Waals surface area contributed by atoms with E-state index in [1.54, 1.807) is 13.4 Å². The van der Waals surface area contributed by atoms with Gasteiger partial charge in [-0.2, -0.15) is 0 Å². The van der Waals surface area contributed by atoms with Gasteiger partial charge < -0.3 is 24.8 Å². The molecule has 28 heavy (non-hydrogen) atoms. The number of hydrogen-bond acceptors (Lipinski definition) is 3. The number of furan rings is 1. The highest BCUT2D eigenvalue weighted by atomic mass is 127. The van der Waals surface area contributed by atoms with Gasteiger partial charge in [0.15, 0.2) is 5.96 Å². The van der Waals surface area contributed by atoms with E-state index in [0.29, 0.717) is 13.2 Å². The van der Waals surface area contributed by atoms with Crippen LogP contribution < -0.4 is 10.6 Å². The third kappa shape index (κ3) is 6.27. The van der Waals surface area contributed by atoms with E-state index in [9.17, 15) is 0 Å². The monoisotopic (exact) mass is 496 g/mol. The number of guanidine groups is 1. The second-order valence-electron chi connectivity index (χ2n) is 6.43. The maximum atomic E-state index is 5.37. The van der Waals surface area contributed by atoms with Crippen LogP contribution in [0.1, 0.15) is 17.0 Å². The molecule has 0 aliphatic heterocycles. The molecule has 0 bridgehead atoms. The number of rotatable bonds is 9. The molecule has 2 aromatic heterocycles. The van der Waals surface area contributed by atoms with E-state index in [2.05, 4.69) is 51.8 Å². The van der Waals surface area contributed by atoms with E-state index in [1.807, 2.05) is 12.1 Å². The van der Waals surface area contributed by atoms with Crippen molar-refractivity contribution >= 4 is 40.8 Å². The lowest BCUT2D eigenvalue weighted by atomic mass is 10.1. The smallest absolute Gasteiger partial charge is 0.191 e. The van der Waals surface area contributed by atoms with Gasteiger partial charge in [-0.15, -0.1) is 24.0 Å². The van der Waals surface area contributed by atoms with Crippen molar-refractivity contribution in [2.24, 2.45) is 4.99 Å². The van der Waals surface area contributed by atoms with Gasteiger partial charge in [-0.3, -0.25) is 4.99 Å². The zero-order valence-electron chi connectivity index (χ0n) is 16.5. The first kappa shape index (κ1) is 22.3. The lowest BCUT2D eigenvalue weighted by molar-refractivity contribution is 0.208. The van der Waals surface area contributed by atoms with Gasteiger partial charge in [0, 0.05) is 43.2 Å². The van der Waals surface area contributed by atoms with Crippen LogP contribution in [0.2, 0.25) is 0 Å². The van der Waals surface area contributed by atoms with Crippen molar-refractivity contribution in [3.63, 3.8) is 0 Å². The second-order valence-corrected chi connectivity index (χ2v) is 6.43. The Kier molecular flexibility index (Phi) is 9.36. The standard InChI is InChI=1S/C21H28N4O2.HI/c1-16-18(19-7-3-4-8-20(19)25-16)10-12-23-21(24-13-15-26-2)22-11-9-17-6-5-14-27-17;/h3-8,14,25H,9-13,15H2,1-2H3,(H2,22,23,24);1H. The minimum atomic E-state index is 0. The van der Waals surface area contributed by atoms with Gasteiger partial charge in [-0.1, -0.05) is 18.2 Å². The molecule has 7 heteroatoms. The Labute approximate surface area is 183 Å². The fourth-order valence-corrected chi connectivity index (χ4v) is 3.14. The van der Waals surface area contributed by atoms with Crippen LogP contribution in [0, 0.1) is 6.92 Å². The number of aryl methyl sites for hydroxylation is 1. The Morgan fingerprint density at radius 2 is 1.89 bits per heavy atom.